The zero-order valence-electron chi connectivity index (χ0n) is 36.9. The van der Waals surface area contributed by atoms with Gasteiger partial charge in [-0.15, -0.1) is 0 Å². The third-order valence-electron chi connectivity index (χ3n) is 12.6. The molecule has 6 rings (SSSR count). The fourth-order valence-corrected chi connectivity index (χ4v) is 8.77. The number of nitrogens with two attached hydrogens (primary N) is 1. The second-order valence-electron chi connectivity index (χ2n) is 18.2. The maximum atomic E-state index is 17.6. The van der Waals surface area contributed by atoms with Crippen molar-refractivity contribution in [3.63, 3.8) is 0 Å². The number of ketones is 1. The van der Waals surface area contributed by atoms with Crippen molar-refractivity contribution < 1.29 is 48.3 Å². The van der Waals surface area contributed by atoms with Crippen LogP contribution < -0.4 is 21.1 Å². The van der Waals surface area contributed by atoms with E-state index >= 15 is 4.39 Å². The minimum Gasteiger partial charge on any atom is -0.507 e. The smallest absolute Gasteiger partial charge is 0.312 e. The largest absolute Gasteiger partial charge is 0.507 e. The van der Waals surface area contributed by atoms with Crippen LogP contribution in [0.4, 0.5) is 15.8 Å². The first kappa shape index (κ1) is 46.4. The van der Waals surface area contributed by atoms with Crippen LogP contribution in [-0.4, -0.2) is 81.2 Å². The number of halogens is 1. The number of aliphatic hydroxyl groups is 1. The fraction of sp³-hybridized carbons (Fsp3) is 0.587. The number of fused-ring (bicyclic) bond motifs is 14. The number of ether oxygens (including phenoxy) is 3. The topological polar surface area (TPSA) is 193 Å². The Labute approximate surface area is 353 Å². The molecule has 330 valence electrons. The van der Waals surface area contributed by atoms with Gasteiger partial charge in [-0.2, -0.15) is 0 Å². The predicted molar refractivity (Wildman–Crippen MR) is 230 cm³/mol. The molecule has 0 spiro atoms. The van der Waals surface area contributed by atoms with Gasteiger partial charge in [0.25, 0.3) is 11.7 Å². The number of amides is 1. The highest BCUT2D eigenvalue weighted by Gasteiger charge is 2.50. The summed E-state index contributed by atoms with van der Waals surface area (Å²) in [7, 11) is 0. The number of likely N-dealkylation sites (tertiary alicyclic amines) is 1. The van der Waals surface area contributed by atoms with E-state index in [9.17, 15) is 29.7 Å². The molecule has 4 heterocycles. The molecule has 14 heteroatoms. The van der Waals surface area contributed by atoms with E-state index in [1.807, 2.05) is 40.7 Å². The lowest BCUT2D eigenvalue weighted by atomic mass is 9.78. The first-order chi connectivity index (χ1) is 28.0. The van der Waals surface area contributed by atoms with Gasteiger partial charge < -0.3 is 50.8 Å². The van der Waals surface area contributed by atoms with Gasteiger partial charge in [-0.25, -0.2) is 4.39 Å². The van der Waals surface area contributed by atoms with Gasteiger partial charge in [0.1, 0.15) is 29.0 Å². The molecule has 0 aliphatic carbocycles. The molecular formula is C46H65FN4O9. The third kappa shape index (κ3) is 9.45. The Bertz CT molecular complexity index is 2070. The molecule has 13 nitrogen and oxygen atoms in total. The molecule has 5 bridgehead atoms. The Morgan fingerprint density at radius 2 is 1.72 bits per heavy atom. The van der Waals surface area contributed by atoms with Crippen LogP contribution in [-0.2, 0) is 19.1 Å². The molecule has 60 heavy (non-hydrogen) atoms. The molecule has 0 saturated carbocycles. The van der Waals surface area contributed by atoms with E-state index in [1.165, 1.54) is 27.0 Å². The van der Waals surface area contributed by atoms with E-state index in [2.05, 4.69) is 29.4 Å². The molecule has 1 fully saturated rings. The number of benzene rings is 2. The number of aromatic hydroxyl groups is 2. The number of esters is 1. The zero-order chi connectivity index (χ0) is 44.6. The van der Waals surface area contributed by atoms with E-state index in [0.717, 1.165) is 6.54 Å². The number of phenols is 2. The molecule has 7 N–H and O–H groups in total. The van der Waals surface area contributed by atoms with Gasteiger partial charge in [-0.3, -0.25) is 14.4 Å². The van der Waals surface area contributed by atoms with Crippen molar-refractivity contribution in [1.29, 1.82) is 0 Å². The summed E-state index contributed by atoms with van der Waals surface area (Å²) in [6.07, 6.45) is 8.09. The third-order valence-corrected chi connectivity index (χ3v) is 12.6. The summed E-state index contributed by atoms with van der Waals surface area (Å²) >= 11 is 0. The number of rotatable bonds is 5. The van der Waals surface area contributed by atoms with Crippen LogP contribution in [0, 0.1) is 48.2 Å². The first-order valence-electron chi connectivity index (χ1n) is 21.1. The number of hydrogen-bond donors (Lipinski definition) is 6. The number of allylic oxidation sites excluding steroid dienone is 4. The average molecular weight is 837 g/mol. The number of Topliss-reactive ketones (excluding diaryl/α,β-unsaturated/α-hetero) is 1. The number of nitrogens with one attached hydrogen (secondary N) is 2. The standard InChI is InChI=1S/C46H65FN4O9/c1-23(2)22-51-18-16-46(48,17-19-51)50-36-35(47)32-33-39(54)30(9)42-34(32)43(56)45(11,60-42)58-20-15-25(4)28(7)41(59-31(10)52)29(8)38(53)27(6)21-24(3)13-12-14-26(5)44(57)49-37(36)40(33)55/h12-15,20,23-25,27-29,38,41,50,53-55H,16-19,21-22,48H2,1-11H3,(H,49,57)/b13-12?,20-15?,26-14-. The molecule has 2 aromatic rings. The normalized spacial score (nSPS) is 30.2. The van der Waals surface area contributed by atoms with Crippen molar-refractivity contribution in [2.75, 3.05) is 30.3 Å². The van der Waals surface area contributed by atoms with Crippen LogP contribution >= 0.6 is 0 Å². The quantitative estimate of drug-likeness (QED) is 0.0981. The second kappa shape index (κ2) is 18.1. The van der Waals surface area contributed by atoms with Crippen molar-refractivity contribution >= 4 is 39.8 Å². The Kier molecular flexibility index (Phi) is 14.0. The van der Waals surface area contributed by atoms with Crippen molar-refractivity contribution in [3.8, 4) is 17.2 Å². The van der Waals surface area contributed by atoms with E-state index in [0.29, 0.717) is 38.3 Å². The van der Waals surface area contributed by atoms with E-state index in [1.54, 1.807) is 25.2 Å². The SMILES string of the molecule is CC(=O)OC1C(C)C(C)C=COC2(C)Oc3c(C)c(O)c4c(O)c(c(NC5(N)CCN(CC(C)C)CC5)c(F)c4c3C2=O)NC(=O)/C(C)=C\C=CC(C)CC(C)C(O)C1C. The minimum atomic E-state index is -2.03. The van der Waals surface area contributed by atoms with Gasteiger partial charge in [0.15, 0.2) is 11.6 Å². The number of carbonyl (C=O) groups excluding carboxylic acids is 3. The summed E-state index contributed by atoms with van der Waals surface area (Å²) in [5, 5.41) is 40.1. The summed E-state index contributed by atoms with van der Waals surface area (Å²) in [4.78, 5) is 42.9. The lowest BCUT2D eigenvalue weighted by molar-refractivity contribution is -0.157. The summed E-state index contributed by atoms with van der Waals surface area (Å²) in [5.74, 6) is -7.21. The van der Waals surface area contributed by atoms with Crippen LogP contribution in [0.25, 0.3) is 10.8 Å². The molecule has 2 aromatic carbocycles. The molecule has 8 atom stereocenters. The molecule has 4 aliphatic heterocycles. The Hall–Kier alpha value is -4.66. The van der Waals surface area contributed by atoms with E-state index in [-0.39, 0.29) is 57.5 Å². The molecule has 0 radical (unpaired) electrons. The van der Waals surface area contributed by atoms with Crippen molar-refractivity contribution in [1.82, 2.24) is 4.90 Å². The minimum absolute atomic E-state index is 0.0238. The number of nitrogens with zero attached hydrogens (tertiary/aromatic N) is 1. The number of carbonyl (C=O) groups is 3. The first-order valence-corrected chi connectivity index (χ1v) is 21.1. The summed E-state index contributed by atoms with van der Waals surface area (Å²) in [6, 6.07) is 0. The lowest BCUT2D eigenvalue weighted by Gasteiger charge is -2.41. The predicted octanol–water partition coefficient (Wildman–Crippen LogP) is 7.66. The van der Waals surface area contributed by atoms with Gasteiger partial charge in [0, 0.05) is 55.9 Å². The highest BCUT2D eigenvalue weighted by Crippen LogP contribution is 2.54. The van der Waals surface area contributed by atoms with E-state index < -0.39 is 75.3 Å². The molecule has 1 amide bonds. The zero-order valence-corrected chi connectivity index (χ0v) is 36.9. The van der Waals surface area contributed by atoms with Crippen LogP contribution in [0.1, 0.15) is 104 Å². The summed E-state index contributed by atoms with van der Waals surface area (Å²) in [6.45, 7) is 21.6. The highest BCUT2D eigenvalue weighted by molar-refractivity contribution is 6.21. The summed E-state index contributed by atoms with van der Waals surface area (Å²) < 4.78 is 35.5. The Morgan fingerprint density at radius 1 is 1.07 bits per heavy atom. The van der Waals surface area contributed by atoms with Crippen molar-refractivity contribution in [3.05, 3.63) is 53.1 Å². The number of phenolic OH excluding ortho intramolecular Hbond substituents is 2. The van der Waals surface area contributed by atoms with Gasteiger partial charge in [-0.05, 0) is 68.8 Å². The van der Waals surface area contributed by atoms with Crippen molar-refractivity contribution in [2.45, 2.75) is 119 Å². The van der Waals surface area contributed by atoms with Gasteiger partial charge in [0.05, 0.1) is 29.0 Å². The Morgan fingerprint density at radius 3 is 2.33 bits per heavy atom. The summed E-state index contributed by atoms with van der Waals surface area (Å²) in [5.41, 5.74) is 5.02. The van der Waals surface area contributed by atoms with E-state index in [4.69, 9.17) is 19.9 Å². The Balaban J connectivity index is 1.67. The molecule has 0 aromatic heterocycles. The van der Waals surface area contributed by atoms with Crippen LogP contribution in [0.5, 0.6) is 17.2 Å². The van der Waals surface area contributed by atoms with Crippen molar-refractivity contribution in [2.24, 2.45) is 41.2 Å². The monoisotopic (exact) mass is 836 g/mol. The fourth-order valence-electron chi connectivity index (χ4n) is 8.77. The highest BCUT2D eigenvalue weighted by atomic mass is 19.1. The lowest BCUT2D eigenvalue weighted by Crippen LogP contribution is -2.56. The van der Waals surface area contributed by atoms with Gasteiger partial charge >= 0.3 is 11.8 Å². The number of aliphatic hydroxyl groups excluding tert-OH is 1. The van der Waals surface area contributed by atoms with Crippen LogP contribution in [0.15, 0.2) is 36.1 Å². The van der Waals surface area contributed by atoms with Gasteiger partial charge in [-0.1, -0.05) is 66.7 Å². The number of piperidine rings is 1. The number of hydrogen-bond acceptors (Lipinski definition) is 12. The maximum absolute atomic E-state index is 17.6. The molecule has 4 aliphatic rings. The molecule has 8 unspecified atom stereocenters. The average Bonchev–Trinajstić information content (AvgIpc) is 3.44. The van der Waals surface area contributed by atoms with Crippen LogP contribution in [0.3, 0.4) is 0 Å². The van der Waals surface area contributed by atoms with Crippen LogP contribution in [0.2, 0.25) is 0 Å². The number of anilines is 2. The van der Waals surface area contributed by atoms with Gasteiger partial charge in [0.2, 0.25) is 0 Å². The molecule has 1 saturated heterocycles. The second-order valence-corrected chi connectivity index (χ2v) is 18.2. The molecular weight excluding hydrogens is 772 g/mol. The maximum Gasteiger partial charge on any atom is 0.312 e.